The molecule has 1 amide bonds. The number of piperazine rings is 1. The van der Waals surface area contributed by atoms with Gasteiger partial charge in [0, 0.05) is 39.4 Å². The fourth-order valence-corrected chi connectivity index (χ4v) is 3.39. The molecule has 0 aromatic carbocycles. The van der Waals surface area contributed by atoms with Gasteiger partial charge >= 0.3 is 6.01 Å². The Hall–Kier alpha value is -3.91. The van der Waals surface area contributed by atoms with Crippen LogP contribution in [0.1, 0.15) is 17.4 Å². The number of amides is 1. The molecular formula is C20H22N8O3. The first-order valence-corrected chi connectivity index (χ1v) is 9.76. The molecule has 11 nitrogen and oxygen atoms in total. The smallest absolute Gasteiger partial charge is 0.306 e. The standard InChI is InChI=1S/C20H22N8O3/c1-3-4-10-28-15-17(24-19(28)27-11-8-22-9-12-27)25-20(26(2)18(15)30)31-13-6-5-7-23-14(13)16(21)29/h5-7,22H,8-12H2,1-2H3,(H2,21,29). The highest BCUT2D eigenvalue weighted by molar-refractivity contribution is 5.93. The van der Waals surface area contributed by atoms with Crippen LogP contribution in [0.2, 0.25) is 0 Å². The van der Waals surface area contributed by atoms with Gasteiger partial charge in [0.1, 0.15) is 0 Å². The first kappa shape index (κ1) is 20.4. The van der Waals surface area contributed by atoms with Gasteiger partial charge in [-0.25, -0.2) is 4.98 Å². The molecule has 160 valence electrons. The lowest BCUT2D eigenvalue weighted by atomic mass is 10.3. The average Bonchev–Trinajstić information content (AvgIpc) is 3.15. The molecule has 0 aliphatic carbocycles. The molecule has 0 bridgehead atoms. The van der Waals surface area contributed by atoms with Gasteiger partial charge in [0.25, 0.3) is 11.5 Å². The van der Waals surface area contributed by atoms with E-state index in [1.807, 2.05) is 0 Å². The van der Waals surface area contributed by atoms with E-state index in [0.717, 1.165) is 26.2 Å². The summed E-state index contributed by atoms with van der Waals surface area (Å²) >= 11 is 0. The monoisotopic (exact) mass is 422 g/mol. The number of hydrogen-bond donors (Lipinski definition) is 2. The number of nitrogens with two attached hydrogens (primary N) is 1. The van der Waals surface area contributed by atoms with E-state index >= 15 is 0 Å². The zero-order valence-electron chi connectivity index (χ0n) is 17.3. The van der Waals surface area contributed by atoms with Crippen LogP contribution >= 0.6 is 0 Å². The van der Waals surface area contributed by atoms with E-state index in [-0.39, 0.29) is 28.7 Å². The van der Waals surface area contributed by atoms with Crippen molar-refractivity contribution in [3.05, 3.63) is 34.4 Å². The summed E-state index contributed by atoms with van der Waals surface area (Å²) < 4.78 is 8.80. The molecule has 3 aromatic rings. The number of nitrogens with one attached hydrogen (secondary N) is 1. The van der Waals surface area contributed by atoms with Crippen LogP contribution in [0, 0.1) is 11.8 Å². The van der Waals surface area contributed by atoms with Crippen molar-refractivity contribution in [3.63, 3.8) is 0 Å². The topological polar surface area (TPSA) is 133 Å². The van der Waals surface area contributed by atoms with Gasteiger partial charge in [0.05, 0.1) is 6.54 Å². The molecule has 1 saturated heterocycles. The van der Waals surface area contributed by atoms with E-state index in [9.17, 15) is 9.59 Å². The van der Waals surface area contributed by atoms with E-state index in [1.54, 1.807) is 17.6 Å². The summed E-state index contributed by atoms with van der Waals surface area (Å²) in [6.07, 6.45) is 1.43. The first-order valence-electron chi connectivity index (χ1n) is 9.76. The number of nitrogens with zero attached hydrogens (tertiary/aromatic N) is 6. The van der Waals surface area contributed by atoms with Gasteiger partial charge in [0.2, 0.25) is 5.95 Å². The van der Waals surface area contributed by atoms with Crippen molar-refractivity contribution < 1.29 is 9.53 Å². The number of imidazole rings is 1. The molecule has 1 aliphatic rings. The summed E-state index contributed by atoms with van der Waals surface area (Å²) in [5, 5.41) is 3.30. The number of hydrogen-bond acceptors (Lipinski definition) is 8. The van der Waals surface area contributed by atoms with E-state index < -0.39 is 5.91 Å². The van der Waals surface area contributed by atoms with Crippen LogP contribution in [0.25, 0.3) is 11.2 Å². The van der Waals surface area contributed by atoms with Gasteiger partial charge in [0.15, 0.2) is 22.6 Å². The van der Waals surface area contributed by atoms with Crippen molar-refractivity contribution in [1.82, 2.24) is 29.4 Å². The van der Waals surface area contributed by atoms with Crippen molar-refractivity contribution in [2.75, 3.05) is 31.1 Å². The number of aromatic nitrogens is 5. The summed E-state index contributed by atoms with van der Waals surface area (Å²) in [7, 11) is 1.54. The second kappa shape index (κ2) is 8.45. The quantitative estimate of drug-likeness (QED) is 0.543. The maximum absolute atomic E-state index is 13.2. The summed E-state index contributed by atoms with van der Waals surface area (Å²) in [6, 6.07) is 3.11. The molecule has 3 aromatic heterocycles. The average molecular weight is 422 g/mol. The van der Waals surface area contributed by atoms with Crippen molar-refractivity contribution in [2.24, 2.45) is 12.8 Å². The van der Waals surface area contributed by atoms with E-state index in [0.29, 0.717) is 18.0 Å². The Morgan fingerprint density at radius 1 is 1.32 bits per heavy atom. The zero-order chi connectivity index (χ0) is 22.0. The Labute approximate surface area is 177 Å². The predicted molar refractivity (Wildman–Crippen MR) is 114 cm³/mol. The number of pyridine rings is 1. The highest BCUT2D eigenvalue weighted by atomic mass is 16.5. The van der Waals surface area contributed by atoms with E-state index in [4.69, 9.17) is 10.5 Å². The Balaban J connectivity index is 1.85. The summed E-state index contributed by atoms with van der Waals surface area (Å²) in [5.74, 6) is 5.87. The molecule has 0 unspecified atom stereocenters. The third kappa shape index (κ3) is 3.80. The van der Waals surface area contributed by atoms with E-state index in [2.05, 4.69) is 37.0 Å². The highest BCUT2D eigenvalue weighted by Gasteiger charge is 2.24. The minimum absolute atomic E-state index is 0.0221. The van der Waals surface area contributed by atoms with Gasteiger partial charge in [-0.05, 0) is 19.1 Å². The van der Waals surface area contributed by atoms with Gasteiger partial charge in [-0.15, -0.1) is 5.92 Å². The Morgan fingerprint density at radius 3 is 2.81 bits per heavy atom. The third-order valence-electron chi connectivity index (χ3n) is 4.94. The third-order valence-corrected chi connectivity index (χ3v) is 4.94. The summed E-state index contributed by atoms with van der Waals surface area (Å²) in [4.78, 5) is 40.0. The lowest BCUT2D eigenvalue weighted by molar-refractivity contribution is 0.0993. The lowest BCUT2D eigenvalue weighted by Gasteiger charge is -2.28. The van der Waals surface area contributed by atoms with Crippen LogP contribution in [0.5, 0.6) is 11.8 Å². The second-order valence-corrected chi connectivity index (χ2v) is 6.91. The molecule has 1 aliphatic heterocycles. The molecule has 0 saturated carbocycles. The van der Waals surface area contributed by atoms with Crippen molar-refractivity contribution in [2.45, 2.75) is 13.5 Å². The van der Waals surface area contributed by atoms with Crippen molar-refractivity contribution in [1.29, 1.82) is 0 Å². The SMILES string of the molecule is CC#CCn1c(N2CCNCC2)nc2nc(Oc3cccnc3C(N)=O)n(C)c(=O)c21. The molecule has 31 heavy (non-hydrogen) atoms. The fraction of sp³-hybridized carbons (Fsp3) is 0.350. The van der Waals surface area contributed by atoms with Gasteiger partial charge < -0.3 is 20.7 Å². The molecule has 0 atom stereocenters. The number of ether oxygens (including phenoxy) is 1. The molecule has 0 spiro atoms. The Bertz CT molecular complexity index is 1260. The second-order valence-electron chi connectivity index (χ2n) is 6.91. The minimum atomic E-state index is -0.745. The van der Waals surface area contributed by atoms with Gasteiger partial charge in [-0.2, -0.15) is 9.97 Å². The zero-order valence-corrected chi connectivity index (χ0v) is 17.3. The van der Waals surface area contributed by atoms with E-state index in [1.165, 1.54) is 23.9 Å². The maximum Gasteiger partial charge on any atom is 0.306 e. The van der Waals surface area contributed by atoms with Crippen LogP contribution in [0.4, 0.5) is 5.95 Å². The predicted octanol–water partition coefficient (Wildman–Crippen LogP) is -0.151. The first-order chi connectivity index (χ1) is 15.0. The molecule has 1 fully saturated rings. The highest BCUT2D eigenvalue weighted by Crippen LogP contribution is 2.25. The number of carbonyl (C=O) groups is 1. The largest absolute Gasteiger partial charge is 0.423 e. The molecule has 11 heteroatoms. The molecule has 0 radical (unpaired) electrons. The maximum atomic E-state index is 13.2. The number of carbonyl (C=O) groups excluding carboxylic acids is 1. The normalized spacial score (nSPS) is 13.7. The Kier molecular flexibility index (Phi) is 5.55. The number of anilines is 1. The van der Waals surface area contributed by atoms with Gasteiger partial charge in [-0.3, -0.25) is 18.7 Å². The molecular weight excluding hydrogens is 400 g/mol. The molecule has 3 N–H and O–H groups in total. The fourth-order valence-electron chi connectivity index (χ4n) is 3.39. The van der Waals surface area contributed by atoms with Crippen LogP contribution in [0.3, 0.4) is 0 Å². The van der Waals surface area contributed by atoms with Crippen LogP contribution in [-0.2, 0) is 13.6 Å². The summed E-state index contributed by atoms with van der Waals surface area (Å²) in [6.45, 7) is 5.21. The van der Waals surface area contributed by atoms with Crippen LogP contribution in [0.15, 0.2) is 23.1 Å². The summed E-state index contributed by atoms with van der Waals surface area (Å²) in [5.41, 5.74) is 5.56. The number of rotatable bonds is 5. The number of primary amides is 1. The number of fused-ring (bicyclic) bond motifs is 1. The lowest BCUT2D eigenvalue weighted by Crippen LogP contribution is -2.44. The van der Waals surface area contributed by atoms with Crippen molar-refractivity contribution in [3.8, 4) is 23.6 Å². The minimum Gasteiger partial charge on any atom is -0.423 e. The van der Waals surface area contributed by atoms with Crippen LogP contribution in [-0.4, -0.2) is 56.2 Å². The Morgan fingerprint density at radius 2 is 2.10 bits per heavy atom. The molecule has 4 rings (SSSR count). The van der Waals surface area contributed by atoms with Crippen molar-refractivity contribution >= 4 is 23.0 Å². The molecule has 4 heterocycles. The van der Waals surface area contributed by atoms with Gasteiger partial charge in [-0.1, -0.05) is 5.92 Å². The van der Waals surface area contributed by atoms with Crippen LogP contribution < -0.4 is 26.2 Å².